The molecule has 1 heterocycles. The van der Waals surface area contributed by atoms with Crippen molar-refractivity contribution in [2.75, 3.05) is 13.2 Å². The van der Waals surface area contributed by atoms with Crippen LogP contribution in [0.3, 0.4) is 0 Å². The Morgan fingerprint density at radius 3 is 2.55 bits per heavy atom. The summed E-state index contributed by atoms with van der Waals surface area (Å²) >= 11 is 0. The number of rotatable bonds is 5. The zero-order valence-electron chi connectivity index (χ0n) is 14.0. The van der Waals surface area contributed by atoms with Crippen molar-refractivity contribution in [2.24, 2.45) is 5.92 Å². The minimum absolute atomic E-state index is 0.0412. The van der Waals surface area contributed by atoms with Crippen LogP contribution in [0.25, 0.3) is 0 Å². The number of nitriles is 1. The van der Waals surface area contributed by atoms with Crippen molar-refractivity contribution in [1.82, 2.24) is 4.90 Å². The number of hydrogen-bond acceptors (Lipinski definition) is 5. The van der Waals surface area contributed by atoms with Crippen LogP contribution in [0, 0.1) is 23.2 Å². The molecule has 22 heavy (non-hydrogen) atoms. The van der Waals surface area contributed by atoms with Gasteiger partial charge in [0.25, 0.3) is 0 Å². The maximum Gasteiger partial charge on any atom is 0.508 e. The highest BCUT2D eigenvalue weighted by Gasteiger charge is 2.40. The summed E-state index contributed by atoms with van der Waals surface area (Å²) in [6.45, 7) is 9.78. The number of ether oxygens (including phenoxy) is 2. The van der Waals surface area contributed by atoms with Gasteiger partial charge in [0, 0.05) is 13.0 Å². The molecule has 0 saturated carbocycles. The highest BCUT2D eigenvalue weighted by Crippen LogP contribution is 2.28. The highest BCUT2D eigenvalue weighted by atomic mass is 16.7. The molecule has 0 N–H and O–H groups in total. The Morgan fingerprint density at radius 1 is 1.41 bits per heavy atom. The zero-order valence-corrected chi connectivity index (χ0v) is 14.0. The molecule has 6 nitrogen and oxygen atoms in total. The van der Waals surface area contributed by atoms with Gasteiger partial charge < -0.3 is 14.4 Å². The summed E-state index contributed by atoms with van der Waals surface area (Å²) in [5.74, 6) is 0.741. The van der Waals surface area contributed by atoms with Crippen molar-refractivity contribution in [3.05, 3.63) is 5.92 Å². The fourth-order valence-corrected chi connectivity index (χ4v) is 2.40. The van der Waals surface area contributed by atoms with E-state index in [0.717, 1.165) is 5.92 Å². The van der Waals surface area contributed by atoms with Gasteiger partial charge in [0.15, 0.2) is 0 Å². The first-order valence-electron chi connectivity index (χ1n) is 7.46. The average molecular weight is 309 g/mol. The molecule has 1 saturated heterocycles. The molecule has 0 spiro atoms. The summed E-state index contributed by atoms with van der Waals surface area (Å²) < 4.78 is 10.2. The van der Waals surface area contributed by atoms with Gasteiger partial charge in [-0.2, -0.15) is 5.26 Å². The molecule has 1 amide bonds. The molecule has 0 aromatic carbocycles. The summed E-state index contributed by atoms with van der Waals surface area (Å²) in [4.78, 5) is 25.6. The minimum Gasteiger partial charge on any atom is -0.432 e. The SMILES string of the molecule is C[C](C)CN1C(=O)C(CC#N)C[C@H]1COC(=O)OC(C)(C)C. The predicted molar refractivity (Wildman–Crippen MR) is 80.6 cm³/mol. The molecule has 0 aromatic rings. The zero-order chi connectivity index (χ0) is 16.9. The highest BCUT2D eigenvalue weighted by molar-refractivity contribution is 5.82. The molecule has 1 radical (unpaired) electrons. The Kier molecular flexibility index (Phi) is 6.21. The van der Waals surface area contributed by atoms with Gasteiger partial charge in [0.05, 0.1) is 18.0 Å². The Hall–Kier alpha value is -1.77. The van der Waals surface area contributed by atoms with Gasteiger partial charge in [-0.05, 0) is 33.1 Å². The molecule has 0 aliphatic carbocycles. The van der Waals surface area contributed by atoms with Gasteiger partial charge >= 0.3 is 6.16 Å². The molecule has 1 fully saturated rings. The first kappa shape index (κ1) is 18.3. The number of hydrogen-bond donors (Lipinski definition) is 0. The molecule has 0 aromatic heterocycles. The number of carbonyl (C=O) groups is 2. The van der Waals surface area contributed by atoms with Gasteiger partial charge in [-0.25, -0.2) is 4.79 Å². The van der Waals surface area contributed by atoms with Crippen LogP contribution < -0.4 is 0 Å². The van der Waals surface area contributed by atoms with Crippen LogP contribution >= 0.6 is 0 Å². The Bertz CT molecular complexity index is 448. The van der Waals surface area contributed by atoms with Crippen LogP contribution in [0.1, 0.15) is 47.5 Å². The average Bonchev–Trinajstić information content (AvgIpc) is 2.63. The Labute approximate surface area is 132 Å². The summed E-state index contributed by atoms with van der Waals surface area (Å²) in [5.41, 5.74) is -0.612. The molecule has 1 aliphatic rings. The van der Waals surface area contributed by atoms with E-state index in [1.165, 1.54) is 0 Å². The topological polar surface area (TPSA) is 79.6 Å². The van der Waals surface area contributed by atoms with E-state index in [0.29, 0.717) is 13.0 Å². The van der Waals surface area contributed by atoms with Crippen LogP contribution in [0.5, 0.6) is 0 Å². The molecule has 6 heteroatoms. The largest absolute Gasteiger partial charge is 0.508 e. The number of nitrogens with zero attached hydrogens (tertiary/aromatic N) is 2. The van der Waals surface area contributed by atoms with Crippen molar-refractivity contribution >= 4 is 12.1 Å². The van der Waals surface area contributed by atoms with E-state index < -0.39 is 11.8 Å². The van der Waals surface area contributed by atoms with Crippen LogP contribution in [0.4, 0.5) is 4.79 Å². The lowest BCUT2D eigenvalue weighted by Gasteiger charge is -2.26. The first-order valence-corrected chi connectivity index (χ1v) is 7.46. The summed E-state index contributed by atoms with van der Waals surface area (Å²) in [5, 5.41) is 8.81. The molecule has 123 valence electrons. The molecule has 0 bridgehead atoms. The molecular formula is C16H25N2O4. The standard InChI is InChI=1S/C16H25N2O4/c1-11(2)9-18-13(8-12(6-7-17)14(18)19)10-21-15(20)22-16(3,4)5/h12-13H,6,8-10H2,1-5H3/t12?,13-/m0/s1. The molecular weight excluding hydrogens is 284 g/mol. The second-order valence-electron chi connectivity index (χ2n) is 6.90. The van der Waals surface area contributed by atoms with Gasteiger partial charge in [-0.15, -0.1) is 0 Å². The third-order valence-electron chi connectivity index (χ3n) is 3.24. The van der Waals surface area contributed by atoms with Crippen molar-refractivity contribution in [3.8, 4) is 6.07 Å². The van der Waals surface area contributed by atoms with E-state index >= 15 is 0 Å². The van der Waals surface area contributed by atoms with Crippen molar-refractivity contribution in [3.63, 3.8) is 0 Å². The van der Waals surface area contributed by atoms with E-state index in [9.17, 15) is 9.59 Å². The Balaban J connectivity index is 2.64. The van der Waals surface area contributed by atoms with E-state index in [4.69, 9.17) is 14.7 Å². The van der Waals surface area contributed by atoms with Crippen LogP contribution in [0.2, 0.25) is 0 Å². The number of carbonyl (C=O) groups excluding carboxylic acids is 2. The summed E-state index contributed by atoms with van der Waals surface area (Å²) in [7, 11) is 0. The van der Waals surface area contributed by atoms with Crippen LogP contribution in [-0.4, -0.2) is 41.8 Å². The van der Waals surface area contributed by atoms with E-state index in [1.54, 1.807) is 25.7 Å². The van der Waals surface area contributed by atoms with E-state index in [1.807, 2.05) is 19.9 Å². The van der Waals surface area contributed by atoms with Gasteiger partial charge in [-0.3, -0.25) is 4.79 Å². The normalized spacial score (nSPS) is 21.9. The molecule has 2 atom stereocenters. The second-order valence-corrected chi connectivity index (χ2v) is 6.90. The molecule has 1 unspecified atom stereocenters. The molecule has 1 aliphatic heterocycles. The quantitative estimate of drug-likeness (QED) is 0.729. The van der Waals surface area contributed by atoms with Crippen LogP contribution in [-0.2, 0) is 14.3 Å². The van der Waals surface area contributed by atoms with Gasteiger partial charge in [0.2, 0.25) is 5.91 Å². The van der Waals surface area contributed by atoms with Crippen molar-refractivity contribution in [2.45, 2.75) is 59.1 Å². The fourth-order valence-electron chi connectivity index (χ4n) is 2.40. The van der Waals surface area contributed by atoms with Gasteiger partial charge in [0.1, 0.15) is 12.2 Å². The number of likely N-dealkylation sites (tertiary alicyclic amines) is 1. The van der Waals surface area contributed by atoms with Crippen LogP contribution in [0.15, 0.2) is 0 Å². The predicted octanol–water partition coefficient (Wildman–Crippen LogP) is 2.68. The van der Waals surface area contributed by atoms with E-state index in [2.05, 4.69) is 0 Å². The lowest BCUT2D eigenvalue weighted by atomic mass is 10.0. The monoisotopic (exact) mass is 309 g/mol. The van der Waals surface area contributed by atoms with E-state index in [-0.39, 0.29) is 30.9 Å². The second kappa shape index (κ2) is 7.48. The first-order chi connectivity index (χ1) is 10.1. The third kappa shape index (κ3) is 5.55. The third-order valence-corrected chi connectivity index (χ3v) is 3.24. The maximum atomic E-state index is 12.3. The van der Waals surface area contributed by atoms with Crippen molar-refractivity contribution in [1.29, 1.82) is 5.26 Å². The van der Waals surface area contributed by atoms with Gasteiger partial charge in [-0.1, -0.05) is 13.8 Å². The molecule has 1 rings (SSSR count). The number of amides is 1. The minimum atomic E-state index is -0.735. The lowest BCUT2D eigenvalue weighted by Crippen LogP contribution is -2.39. The fraction of sp³-hybridized carbons (Fsp3) is 0.750. The Morgan fingerprint density at radius 2 is 2.05 bits per heavy atom. The van der Waals surface area contributed by atoms with Crippen molar-refractivity contribution < 1.29 is 19.1 Å². The summed E-state index contributed by atoms with van der Waals surface area (Å²) in [6, 6.07) is 1.84. The summed E-state index contributed by atoms with van der Waals surface area (Å²) in [6.07, 6.45) is -0.00964. The smallest absolute Gasteiger partial charge is 0.432 e. The maximum absolute atomic E-state index is 12.3. The lowest BCUT2D eigenvalue weighted by molar-refractivity contribution is -0.132.